The molecular formula is C27H33N3O2S. The second kappa shape index (κ2) is 11.1. The highest BCUT2D eigenvalue weighted by atomic mass is 32.1. The van der Waals surface area contributed by atoms with Gasteiger partial charge in [-0.25, -0.2) is 9.97 Å². The number of hydrogen-bond acceptors (Lipinski definition) is 6. The zero-order valence-electron chi connectivity index (χ0n) is 20.5. The van der Waals surface area contributed by atoms with Crippen LogP contribution >= 0.6 is 11.3 Å². The molecule has 2 aromatic heterocycles. The molecule has 0 saturated heterocycles. The number of anilines is 1. The highest BCUT2D eigenvalue weighted by molar-refractivity contribution is 7.10. The molecule has 1 unspecified atom stereocenters. The van der Waals surface area contributed by atoms with Crippen LogP contribution in [0.2, 0.25) is 0 Å². The van der Waals surface area contributed by atoms with Crippen LogP contribution in [-0.4, -0.2) is 24.2 Å². The molecule has 1 atom stereocenters. The van der Waals surface area contributed by atoms with E-state index in [9.17, 15) is 0 Å². The first-order chi connectivity index (χ1) is 16.0. The van der Waals surface area contributed by atoms with Crippen molar-refractivity contribution in [2.24, 2.45) is 0 Å². The Morgan fingerprint density at radius 1 is 1.00 bits per heavy atom. The first-order valence-electron chi connectivity index (χ1n) is 11.4. The lowest BCUT2D eigenvalue weighted by molar-refractivity contribution is 0.356. The molecule has 0 fully saturated rings. The third kappa shape index (κ3) is 5.28. The van der Waals surface area contributed by atoms with Gasteiger partial charge in [0, 0.05) is 16.3 Å². The van der Waals surface area contributed by atoms with E-state index >= 15 is 0 Å². The number of nitrogens with zero attached hydrogens (tertiary/aromatic N) is 2. The van der Waals surface area contributed by atoms with E-state index in [4.69, 9.17) is 9.47 Å². The third-order valence-electron chi connectivity index (χ3n) is 5.42. The van der Waals surface area contributed by atoms with Crippen molar-refractivity contribution in [3.63, 3.8) is 0 Å². The molecule has 2 heterocycles. The van der Waals surface area contributed by atoms with Crippen molar-refractivity contribution in [1.82, 2.24) is 9.97 Å². The van der Waals surface area contributed by atoms with Crippen LogP contribution in [0.25, 0.3) is 22.0 Å². The number of benzene rings is 2. The van der Waals surface area contributed by atoms with Crippen molar-refractivity contribution in [3.8, 4) is 22.6 Å². The lowest BCUT2D eigenvalue weighted by atomic mass is 10.00. The molecule has 5 nitrogen and oxygen atoms in total. The molecule has 0 spiro atoms. The summed E-state index contributed by atoms with van der Waals surface area (Å²) in [5.74, 6) is 2.82. The molecule has 4 rings (SSSR count). The van der Waals surface area contributed by atoms with Gasteiger partial charge in [0.05, 0.1) is 25.8 Å². The van der Waals surface area contributed by atoms with Crippen LogP contribution in [0, 0.1) is 6.92 Å². The molecule has 6 heteroatoms. The van der Waals surface area contributed by atoms with Gasteiger partial charge >= 0.3 is 0 Å². The molecule has 1 N–H and O–H groups in total. The molecule has 0 aliphatic carbocycles. The van der Waals surface area contributed by atoms with E-state index in [1.807, 2.05) is 32.9 Å². The standard InChI is InChI=1S/C25H27N3O2S.C2H6/c1-6-17-9-7-8-10-19(17)18-11-24(31-14-18)15(2)26-25-20-12-22(29-4)23(30-5)13-21(20)27-16(3)28-25;1-2/h7-15H,6H2,1-5H3,(H,26,27,28);1-2H3. The number of thiophene rings is 1. The van der Waals surface area contributed by atoms with Gasteiger partial charge in [-0.15, -0.1) is 11.3 Å². The van der Waals surface area contributed by atoms with E-state index in [2.05, 4.69) is 64.8 Å². The second-order valence-corrected chi connectivity index (χ2v) is 8.40. The minimum atomic E-state index is 0.0955. The van der Waals surface area contributed by atoms with Crippen LogP contribution in [0.3, 0.4) is 0 Å². The van der Waals surface area contributed by atoms with Crippen LogP contribution in [0.5, 0.6) is 11.5 Å². The zero-order chi connectivity index (χ0) is 24.0. The molecular weight excluding hydrogens is 430 g/mol. The lowest BCUT2D eigenvalue weighted by Gasteiger charge is -2.16. The maximum atomic E-state index is 5.49. The maximum absolute atomic E-state index is 5.49. The third-order valence-corrected chi connectivity index (χ3v) is 6.54. The molecule has 0 aliphatic rings. The van der Waals surface area contributed by atoms with Crippen molar-refractivity contribution in [3.05, 3.63) is 64.1 Å². The summed E-state index contributed by atoms with van der Waals surface area (Å²) < 4.78 is 10.9. The van der Waals surface area contributed by atoms with E-state index in [1.165, 1.54) is 21.6 Å². The Labute approximate surface area is 200 Å². The largest absolute Gasteiger partial charge is 0.493 e. The van der Waals surface area contributed by atoms with Crippen LogP contribution in [0.15, 0.2) is 47.8 Å². The van der Waals surface area contributed by atoms with Gasteiger partial charge in [-0.2, -0.15) is 0 Å². The van der Waals surface area contributed by atoms with Gasteiger partial charge in [-0.3, -0.25) is 0 Å². The fourth-order valence-electron chi connectivity index (χ4n) is 3.79. The Bertz CT molecular complexity index is 1220. The van der Waals surface area contributed by atoms with Crippen LogP contribution in [-0.2, 0) is 6.42 Å². The summed E-state index contributed by atoms with van der Waals surface area (Å²) in [5, 5.41) is 6.73. The van der Waals surface area contributed by atoms with E-state index in [0.29, 0.717) is 17.3 Å². The van der Waals surface area contributed by atoms with E-state index in [-0.39, 0.29) is 6.04 Å². The van der Waals surface area contributed by atoms with Crippen molar-refractivity contribution >= 4 is 28.1 Å². The summed E-state index contributed by atoms with van der Waals surface area (Å²) in [5.41, 5.74) is 4.76. The lowest BCUT2D eigenvalue weighted by Crippen LogP contribution is -2.08. The average molecular weight is 464 g/mol. The van der Waals surface area contributed by atoms with Gasteiger partial charge in [0.15, 0.2) is 11.5 Å². The zero-order valence-corrected chi connectivity index (χ0v) is 21.3. The van der Waals surface area contributed by atoms with Gasteiger partial charge in [0.1, 0.15) is 11.6 Å². The topological polar surface area (TPSA) is 56.3 Å². The SMILES string of the molecule is CC.CCc1ccccc1-c1csc(C(C)Nc2nc(C)nc3cc(OC)c(OC)cc23)c1. The minimum absolute atomic E-state index is 0.0955. The van der Waals surface area contributed by atoms with E-state index in [0.717, 1.165) is 23.1 Å². The molecule has 33 heavy (non-hydrogen) atoms. The Hall–Kier alpha value is -3.12. The summed E-state index contributed by atoms with van der Waals surface area (Å²) in [7, 11) is 3.26. The fraction of sp³-hybridized carbons (Fsp3) is 0.333. The van der Waals surface area contributed by atoms with E-state index in [1.54, 1.807) is 25.6 Å². The summed E-state index contributed by atoms with van der Waals surface area (Å²) in [4.78, 5) is 10.5. The van der Waals surface area contributed by atoms with Gasteiger partial charge in [0.25, 0.3) is 0 Å². The Balaban J connectivity index is 0.00000149. The molecule has 0 bridgehead atoms. The predicted molar refractivity (Wildman–Crippen MR) is 140 cm³/mol. The van der Waals surface area contributed by atoms with Crippen molar-refractivity contribution < 1.29 is 9.47 Å². The Morgan fingerprint density at radius 2 is 1.70 bits per heavy atom. The number of ether oxygens (including phenoxy) is 2. The average Bonchev–Trinajstić information content (AvgIpc) is 3.34. The summed E-state index contributed by atoms with van der Waals surface area (Å²) in [6, 6.07) is 14.8. The summed E-state index contributed by atoms with van der Waals surface area (Å²) in [6.07, 6.45) is 1.02. The fourth-order valence-corrected chi connectivity index (χ4v) is 4.71. The van der Waals surface area contributed by atoms with Gasteiger partial charge in [0.2, 0.25) is 0 Å². The van der Waals surface area contributed by atoms with Crippen molar-refractivity contribution in [2.45, 2.75) is 47.1 Å². The molecule has 2 aromatic carbocycles. The van der Waals surface area contributed by atoms with Gasteiger partial charge in [-0.05, 0) is 54.5 Å². The highest BCUT2D eigenvalue weighted by Gasteiger charge is 2.16. The van der Waals surface area contributed by atoms with Crippen molar-refractivity contribution in [2.75, 3.05) is 19.5 Å². The first kappa shape index (κ1) is 24.5. The van der Waals surface area contributed by atoms with E-state index < -0.39 is 0 Å². The molecule has 0 radical (unpaired) electrons. The number of aromatic nitrogens is 2. The van der Waals surface area contributed by atoms with Crippen molar-refractivity contribution in [1.29, 1.82) is 0 Å². The predicted octanol–water partition coefficient (Wildman–Crippen LogP) is 7.45. The molecule has 0 amide bonds. The highest BCUT2D eigenvalue weighted by Crippen LogP contribution is 2.36. The Kier molecular flexibility index (Phi) is 8.28. The number of aryl methyl sites for hydroxylation is 2. The maximum Gasteiger partial charge on any atom is 0.162 e. The Morgan fingerprint density at radius 3 is 2.39 bits per heavy atom. The number of fused-ring (bicyclic) bond motifs is 1. The monoisotopic (exact) mass is 463 g/mol. The van der Waals surface area contributed by atoms with Crippen LogP contribution in [0.4, 0.5) is 5.82 Å². The number of rotatable bonds is 7. The molecule has 174 valence electrons. The van der Waals surface area contributed by atoms with Gasteiger partial charge in [-0.1, -0.05) is 45.0 Å². The molecule has 0 saturated carbocycles. The second-order valence-electron chi connectivity index (χ2n) is 7.46. The quantitative estimate of drug-likeness (QED) is 0.308. The van der Waals surface area contributed by atoms with Crippen LogP contribution < -0.4 is 14.8 Å². The minimum Gasteiger partial charge on any atom is -0.493 e. The molecule has 4 aromatic rings. The summed E-state index contributed by atoms with van der Waals surface area (Å²) >= 11 is 1.76. The normalized spacial score (nSPS) is 11.5. The van der Waals surface area contributed by atoms with Gasteiger partial charge < -0.3 is 14.8 Å². The number of hydrogen-bond donors (Lipinski definition) is 1. The number of nitrogens with one attached hydrogen (secondary N) is 1. The number of methoxy groups -OCH3 is 2. The van der Waals surface area contributed by atoms with Crippen LogP contribution in [0.1, 0.15) is 50.0 Å². The summed E-state index contributed by atoms with van der Waals surface area (Å²) in [6.45, 7) is 10.3. The smallest absolute Gasteiger partial charge is 0.162 e. The first-order valence-corrected chi connectivity index (χ1v) is 12.3. The molecule has 0 aliphatic heterocycles.